The number of piperidine rings is 1. The van der Waals surface area contributed by atoms with E-state index in [4.69, 9.17) is 16.3 Å². The second-order valence-corrected chi connectivity index (χ2v) is 5.47. The minimum Gasteiger partial charge on any atom is -0.492 e. The molecule has 1 saturated heterocycles. The molecule has 0 unspecified atom stereocenters. The lowest BCUT2D eigenvalue weighted by Crippen LogP contribution is -2.41. The van der Waals surface area contributed by atoms with Gasteiger partial charge in [0.15, 0.2) is 0 Å². The van der Waals surface area contributed by atoms with Gasteiger partial charge in [0.25, 0.3) is 0 Å². The first kappa shape index (κ1) is 15.1. The quantitative estimate of drug-likeness (QED) is 0.905. The van der Waals surface area contributed by atoms with Crippen LogP contribution in [0.3, 0.4) is 0 Å². The van der Waals surface area contributed by atoms with E-state index >= 15 is 0 Å². The number of nitrogens with zero attached hydrogens (tertiary/aromatic N) is 1. The van der Waals surface area contributed by atoms with Crippen LogP contribution in [-0.2, 0) is 4.79 Å². The molecule has 0 aliphatic carbocycles. The summed E-state index contributed by atoms with van der Waals surface area (Å²) in [4.78, 5) is 13.9. The van der Waals surface area contributed by atoms with Gasteiger partial charge in [-0.05, 0) is 44.1 Å². The fourth-order valence-corrected chi connectivity index (χ4v) is 2.65. The van der Waals surface area contributed by atoms with Gasteiger partial charge in [-0.25, -0.2) is 0 Å². The highest BCUT2D eigenvalue weighted by molar-refractivity contribution is 6.30. The molecule has 1 aromatic carbocycles. The highest BCUT2D eigenvalue weighted by Gasteiger charge is 2.23. The predicted octanol–water partition coefficient (Wildman–Crippen LogP) is 2.18. The maximum atomic E-state index is 11.5. The summed E-state index contributed by atoms with van der Waals surface area (Å²) in [6.45, 7) is 3.44. The molecule has 1 N–H and O–H groups in total. The Morgan fingerprint density at radius 2 is 2.20 bits per heavy atom. The van der Waals surface area contributed by atoms with E-state index in [0.29, 0.717) is 11.6 Å². The first-order valence-electron chi connectivity index (χ1n) is 7.01. The normalized spacial score (nSPS) is 16.9. The maximum absolute atomic E-state index is 11.5. The third-order valence-corrected chi connectivity index (χ3v) is 3.91. The van der Waals surface area contributed by atoms with Crippen LogP contribution in [0.15, 0.2) is 24.3 Å². The van der Waals surface area contributed by atoms with Gasteiger partial charge in [0.05, 0.1) is 0 Å². The zero-order valence-electron chi connectivity index (χ0n) is 11.8. The third-order valence-electron chi connectivity index (χ3n) is 3.68. The number of benzene rings is 1. The monoisotopic (exact) mass is 296 g/mol. The SMILES string of the molecule is CNC(=O)C1CCN(CCOc2cccc(Cl)c2)CC1. The van der Waals surface area contributed by atoms with Crippen molar-refractivity contribution in [2.45, 2.75) is 12.8 Å². The Morgan fingerprint density at radius 3 is 2.85 bits per heavy atom. The number of halogens is 1. The molecule has 1 aromatic rings. The summed E-state index contributed by atoms with van der Waals surface area (Å²) in [5.41, 5.74) is 0. The molecule has 1 heterocycles. The van der Waals surface area contributed by atoms with Crippen LogP contribution in [0.25, 0.3) is 0 Å². The average molecular weight is 297 g/mol. The fourth-order valence-electron chi connectivity index (χ4n) is 2.47. The molecular weight excluding hydrogens is 276 g/mol. The predicted molar refractivity (Wildman–Crippen MR) is 80.2 cm³/mol. The van der Waals surface area contributed by atoms with E-state index in [-0.39, 0.29) is 11.8 Å². The number of hydrogen-bond acceptors (Lipinski definition) is 3. The Hall–Kier alpha value is -1.26. The van der Waals surface area contributed by atoms with Crippen molar-refractivity contribution in [2.24, 2.45) is 5.92 Å². The molecule has 0 spiro atoms. The molecule has 110 valence electrons. The Labute approximate surface area is 125 Å². The average Bonchev–Trinajstić information content (AvgIpc) is 2.47. The van der Waals surface area contributed by atoms with Gasteiger partial charge in [0.2, 0.25) is 5.91 Å². The van der Waals surface area contributed by atoms with Crippen molar-refractivity contribution >= 4 is 17.5 Å². The second kappa shape index (κ2) is 7.50. The number of carbonyl (C=O) groups is 1. The number of rotatable bonds is 5. The minimum atomic E-state index is 0.167. The number of amides is 1. The van der Waals surface area contributed by atoms with Gasteiger partial charge in [-0.2, -0.15) is 0 Å². The Morgan fingerprint density at radius 1 is 1.45 bits per heavy atom. The zero-order chi connectivity index (χ0) is 14.4. The van der Waals surface area contributed by atoms with Gasteiger partial charge in [-0.3, -0.25) is 9.69 Å². The molecule has 4 nitrogen and oxygen atoms in total. The molecule has 20 heavy (non-hydrogen) atoms. The molecule has 1 aliphatic rings. The summed E-state index contributed by atoms with van der Waals surface area (Å²) in [6.07, 6.45) is 1.85. The lowest BCUT2D eigenvalue weighted by atomic mass is 9.96. The smallest absolute Gasteiger partial charge is 0.222 e. The molecule has 0 radical (unpaired) electrons. The van der Waals surface area contributed by atoms with Crippen LogP contribution >= 0.6 is 11.6 Å². The molecule has 5 heteroatoms. The summed E-state index contributed by atoms with van der Waals surface area (Å²) >= 11 is 5.90. The van der Waals surface area contributed by atoms with Gasteiger partial charge in [-0.15, -0.1) is 0 Å². The number of hydrogen-bond donors (Lipinski definition) is 1. The molecule has 1 aliphatic heterocycles. The molecule has 0 saturated carbocycles. The van der Waals surface area contributed by atoms with Crippen molar-refractivity contribution in [3.8, 4) is 5.75 Å². The molecule has 0 bridgehead atoms. The Bertz CT molecular complexity index is 445. The van der Waals surface area contributed by atoms with Crippen molar-refractivity contribution in [1.29, 1.82) is 0 Å². The van der Waals surface area contributed by atoms with Gasteiger partial charge in [0.1, 0.15) is 12.4 Å². The van der Waals surface area contributed by atoms with E-state index in [0.717, 1.165) is 38.2 Å². The fraction of sp³-hybridized carbons (Fsp3) is 0.533. The van der Waals surface area contributed by atoms with Crippen LogP contribution in [0.5, 0.6) is 5.75 Å². The van der Waals surface area contributed by atoms with Crippen molar-refractivity contribution < 1.29 is 9.53 Å². The number of nitrogens with one attached hydrogen (secondary N) is 1. The number of carbonyl (C=O) groups excluding carboxylic acids is 1. The van der Waals surface area contributed by atoms with Crippen LogP contribution < -0.4 is 10.1 Å². The molecule has 1 amide bonds. The van der Waals surface area contributed by atoms with E-state index in [1.165, 1.54) is 0 Å². The van der Waals surface area contributed by atoms with Gasteiger partial charge in [-0.1, -0.05) is 17.7 Å². The van der Waals surface area contributed by atoms with Crippen LogP contribution in [0, 0.1) is 5.92 Å². The number of ether oxygens (including phenoxy) is 1. The largest absolute Gasteiger partial charge is 0.492 e. The topological polar surface area (TPSA) is 41.6 Å². The molecule has 0 atom stereocenters. The standard InChI is InChI=1S/C15H21ClN2O2/c1-17-15(19)12-5-7-18(8-6-12)9-10-20-14-4-2-3-13(16)11-14/h2-4,11-12H,5-10H2,1H3,(H,17,19). The van der Waals surface area contributed by atoms with E-state index in [1.54, 1.807) is 7.05 Å². The number of likely N-dealkylation sites (tertiary alicyclic amines) is 1. The highest BCUT2D eigenvalue weighted by Crippen LogP contribution is 2.18. The van der Waals surface area contributed by atoms with Crippen molar-refractivity contribution in [2.75, 3.05) is 33.3 Å². The van der Waals surface area contributed by atoms with E-state index < -0.39 is 0 Å². The van der Waals surface area contributed by atoms with Gasteiger partial charge >= 0.3 is 0 Å². The van der Waals surface area contributed by atoms with Crippen molar-refractivity contribution in [3.63, 3.8) is 0 Å². The molecular formula is C15H21ClN2O2. The van der Waals surface area contributed by atoms with Crippen LogP contribution in [0.2, 0.25) is 5.02 Å². The Kier molecular flexibility index (Phi) is 5.68. The Balaban J connectivity index is 1.67. The minimum absolute atomic E-state index is 0.167. The first-order chi connectivity index (χ1) is 9.69. The maximum Gasteiger partial charge on any atom is 0.222 e. The summed E-state index contributed by atoms with van der Waals surface area (Å²) in [7, 11) is 1.70. The van der Waals surface area contributed by atoms with E-state index in [9.17, 15) is 4.79 Å². The van der Waals surface area contributed by atoms with Gasteiger partial charge in [0, 0.05) is 24.5 Å². The van der Waals surface area contributed by atoms with Crippen molar-refractivity contribution in [1.82, 2.24) is 10.2 Å². The van der Waals surface area contributed by atoms with Crippen LogP contribution in [-0.4, -0.2) is 44.1 Å². The summed E-state index contributed by atoms with van der Waals surface area (Å²) in [5, 5.41) is 3.41. The lowest BCUT2D eigenvalue weighted by molar-refractivity contribution is -0.125. The summed E-state index contributed by atoms with van der Waals surface area (Å²) in [5.74, 6) is 1.14. The second-order valence-electron chi connectivity index (χ2n) is 5.04. The summed E-state index contributed by atoms with van der Waals surface area (Å²) in [6, 6.07) is 7.44. The molecule has 2 rings (SSSR count). The molecule has 1 fully saturated rings. The third kappa shape index (κ3) is 4.39. The first-order valence-corrected chi connectivity index (χ1v) is 7.39. The lowest BCUT2D eigenvalue weighted by Gasteiger charge is -2.30. The van der Waals surface area contributed by atoms with Crippen LogP contribution in [0.1, 0.15) is 12.8 Å². The van der Waals surface area contributed by atoms with E-state index in [1.807, 2.05) is 24.3 Å². The summed E-state index contributed by atoms with van der Waals surface area (Å²) < 4.78 is 5.68. The van der Waals surface area contributed by atoms with Crippen LogP contribution in [0.4, 0.5) is 0 Å². The molecule has 0 aromatic heterocycles. The van der Waals surface area contributed by atoms with E-state index in [2.05, 4.69) is 10.2 Å². The zero-order valence-corrected chi connectivity index (χ0v) is 12.5. The highest BCUT2D eigenvalue weighted by atomic mass is 35.5. The van der Waals surface area contributed by atoms with Gasteiger partial charge < -0.3 is 10.1 Å². The van der Waals surface area contributed by atoms with Crippen molar-refractivity contribution in [3.05, 3.63) is 29.3 Å².